The third-order valence-electron chi connectivity index (χ3n) is 8.75. The molecule has 1 aliphatic heterocycles. The van der Waals surface area contributed by atoms with Crippen LogP contribution >= 0.6 is 0 Å². The van der Waals surface area contributed by atoms with Gasteiger partial charge in [0.15, 0.2) is 5.79 Å². The number of benzene rings is 1. The van der Waals surface area contributed by atoms with Crippen molar-refractivity contribution in [3.05, 3.63) is 54.0 Å². The van der Waals surface area contributed by atoms with Crippen LogP contribution in [0.5, 0.6) is 0 Å². The third-order valence-corrected chi connectivity index (χ3v) is 8.75. The Labute approximate surface area is 218 Å². The molecule has 0 spiro atoms. The van der Waals surface area contributed by atoms with Crippen molar-refractivity contribution in [1.82, 2.24) is 19.5 Å². The Morgan fingerprint density at radius 1 is 1.11 bits per heavy atom. The number of anilines is 2. The maximum Gasteiger partial charge on any atom is 0.274 e. The number of hydrogen-bond donors (Lipinski definition) is 2. The molecule has 3 aliphatic rings. The largest absolute Gasteiger partial charge is 0.383 e. The second-order valence-corrected chi connectivity index (χ2v) is 11.6. The number of pyridine rings is 1. The number of nitrogens with zero attached hydrogens (tertiary/aromatic N) is 4. The van der Waals surface area contributed by atoms with E-state index in [0.29, 0.717) is 22.6 Å². The molecule has 0 unspecified atom stereocenters. The van der Waals surface area contributed by atoms with Gasteiger partial charge in [-0.15, -0.1) is 0 Å². The zero-order valence-electron chi connectivity index (χ0n) is 21.5. The first kappa shape index (κ1) is 23.7. The molecule has 0 amide bonds. The Balaban J connectivity index is 1.19. The summed E-state index contributed by atoms with van der Waals surface area (Å²) >= 11 is 0. The molecule has 1 aromatic carbocycles. The van der Waals surface area contributed by atoms with Crippen molar-refractivity contribution in [1.29, 1.82) is 0 Å². The van der Waals surface area contributed by atoms with E-state index in [2.05, 4.69) is 19.5 Å². The Kier molecular flexibility index (Phi) is 4.75. The van der Waals surface area contributed by atoms with Gasteiger partial charge in [0.25, 0.3) is 5.92 Å². The lowest BCUT2D eigenvalue weighted by molar-refractivity contribution is -0.161. The highest BCUT2D eigenvalue weighted by atomic mass is 19.3. The Morgan fingerprint density at radius 2 is 1.92 bits per heavy atom. The first-order valence-electron chi connectivity index (χ1n) is 13.0. The van der Waals surface area contributed by atoms with Crippen LogP contribution in [-0.4, -0.2) is 37.5 Å². The molecule has 38 heavy (non-hydrogen) atoms. The number of nitrogen functional groups attached to an aromatic ring is 2. The average molecular weight is 521 g/mol. The van der Waals surface area contributed by atoms with Gasteiger partial charge in [-0.05, 0) is 62.8 Å². The van der Waals surface area contributed by atoms with Gasteiger partial charge in [0.05, 0.1) is 28.6 Å². The van der Waals surface area contributed by atoms with E-state index in [0.717, 1.165) is 42.8 Å². The molecule has 2 saturated carbocycles. The molecule has 3 aromatic heterocycles. The van der Waals surface area contributed by atoms with E-state index in [4.69, 9.17) is 20.9 Å². The zero-order valence-corrected chi connectivity index (χ0v) is 21.5. The molecular weight excluding hydrogens is 490 g/mol. The summed E-state index contributed by atoms with van der Waals surface area (Å²) in [7, 11) is 0. The molecule has 1 saturated heterocycles. The van der Waals surface area contributed by atoms with Gasteiger partial charge in [0, 0.05) is 23.9 Å². The number of aryl methyl sites for hydroxylation is 1. The lowest BCUT2D eigenvalue weighted by Gasteiger charge is -2.24. The molecule has 4 aromatic rings. The van der Waals surface area contributed by atoms with E-state index in [-0.39, 0.29) is 35.0 Å². The maximum absolute atomic E-state index is 13.9. The topological polar surface area (TPSA) is 114 Å². The standard InChI is InChI=1S/C28H30F2N6O2/c1-26(2)37-21-20(36-9-7-16-23(31)33-13-34-25(16)36)18-12-28(18,22(21)38-26)8-6-14-4-5-15-11-17(27(3,29)30)24(32)35-19(15)10-14/h4-5,7,9-11,13,18,20-22H,6,8,12H2,1-3H3,(H2,32,35)(H2,31,33,34)/t18-,20-,21+,22+,28-/m1/s1. The van der Waals surface area contributed by atoms with Crippen molar-refractivity contribution in [3.8, 4) is 0 Å². The Morgan fingerprint density at radius 3 is 2.71 bits per heavy atom. The molecule has 2 aliphatic carbocycles. The lowest BCUT2D eigenvalue weighted by Crippen LogP contribution is -2.32. The number of nitrogens with two attached hydrogens (primary N) is 2. The lowest BCUT2D eigenvalue weighted by atomic mass is 9.91. The van der Waals surface area contributed by atoms with Crippen molar-refractivity contribution < 1.29 is 18.3 Å². The van der Waals surface area contributed by atoms with Gasteiger partial charge in [0.1, 0.15) is 29.7 Å². The average Bonchev–Trinajstić information content (AvgIpc) is 3.09. The minimum absolute atomic E-state index is 0.0200. The summed E-state index contributed by atoms with van der Waals surface area (Å²) in [6.07, 6.45) is 6.16. The minimum Gasteiger partial charge on any atom is -0.383 e. The molecular formula is C28H30F2N6O2. The number of hydrogen-bond acceptors (Lipinski definition) is 7. The van der Waals surface area contributed by atoms with E-state index < -0.39 is 11.7 Å². The maximum atomic E-state index is 13.9. The van der Waals surface area contributed by atoms with Crippen LogP contribution in [0.2, 0.25) is 0 Å². The molecule has 10 heteroatoms. The number of halogens is 2. The quantitative estimate of drug-likeness (QED) is 0.382. The zero-order chi connectivity index (χ0) is 26.6. The van der Waals surface area contributed by atoms with Gasteiger partial charge in [-0.2, -0.15) is 0 Å². The molecule has 0 bridgehead atoms. The molecule has 3 fully saturated rings. The molecule has 4 N–H and O–H groups in total. The van der Waals surface area contributed by atoms with Crippen LogP contribution in [0.3, 0.4) is 0 Å². The smallest absolute Gasteiger partial charge is 0.274 e. The number of aromatic nitrogens is 4. The van der Waals surface area contributed by atoms with Crippen LogP contribution in [0.4, 0.5) is 20.4 Å². The van der Waals surface area contributed by atoms with Crippen molar-refractivity contribution in [3.63, 3.8) is 0 Å². The summed E-state index contributed by atoms with van der Waals surface area (Å²) in [5, 5.41) is 1.49. The van der Waals surface area contributed by atoms with Crippen molar-refractivity contribution >= 4 is 33.6 Å². The summed E-state index contributed by atoms with van der Waals surface area (Å²) in [4.78, 5) is 13.0. The summed E-state index contributed by atoms with van der Waals surface area (Å²) in [6, 6.07) is 9.29. The highest BCUT2D eigenvalue weighted by molar-refractivity contribution is 5.86. The molecule has 4 heterocycles. The van der Waals surface area contributed by atoms with Crippen molar-refractivity contribution in [2.75, 3.05) is 11.5 Å². The van der Waals surface area contributed by atoms with Gasteiger partial charge < -0.3 is 25.5 Å². The van der Waals surface area contributed by atoms with Gasteiger partial charge in [-0.1, -0.05) is 12.1 Å². The third kappa shape index (κ3) is 3.42. The van der Waals surface area contributed by atoms with Gasteiger partial charge in [-0.25, -0.2) is 23.7 Å². The van der Waals surface area contributed by atoms with Crippen LogP contribution in [0.15, 0.2) is 42.9 Å². The second kappa shape index (κ2) is 7.60. The number of ether oxygens (including phenoxy) is 2. The fraction of sp³-hybridized carbons (Fsp3) is 0.464. The number of rotatable bonds is 5. The van der Waals surface area contributed by atoms with Gasteiger partial charge >= 0.3 is 0 Å². The summed E-state index contributed by atoms with van der Waals surface area (Å²) in [6.45, 7) is 4.77. The van der Waals surface area contributed by atoms with E-state index in [9.17, 15) is 8.78 Å². The van der Waals surface area contributed by atoms with Crippen LogP contribution < -0.4 is 11.5 Å². The van der Waals surface area contributed by atoms with E-state index >= 15 is 0 Å². The second-order valence-electron chi connectivity index (χ2n) is 11.6. The normalized spacial score (nSPS) is 29.6. The highest BCUT2D eigenvalue weighted by Gasteiger charge is 2.75. The number of alkyl halides is 2. The summed E-state index contributed by atoms with van der Waals surface area (Å²) in [5.41, 5.74) is 14.2. The van der Waals surface area contributed by atoms with Crippen LogP contribution in [0.1, 0.15) is 50.8 Å². The van der Waals surface area contributed by atoms with Gasteiger partial charge in [-0.3, -0.25) is 0 Å². The molecule has 7 rings (SSSR count). The van der Waals surface area contributed by atoms with Crippen molar-refractivity contribution in [2.24, 2.45) is 11.3 Å². The molecule has 0 radical (unpaired) electrons. The fourth-order valence-corrected chi connectivity index (χ4v) is 6.98. The molecule has 198 valence electrons. The van der Waals surface area contributed by atoms with Gasteiger partial charge in [0.2, 0.25) is 0 Å². The molecule has 5 atom stereocenters. The fourth-order valence-electron chi connectivity index (χ4n) is 6.98. The molecule has 8 nitrogen and oxygen atoms in total. The Hall–Kier alpha value is -3.37. The predicted molar refractivity (Wildman–Crippen MR) is 139 cm³/mol. The van der Waals surface area contributed by atoms with Crippen LogP contribution in [-0.2, 0) is 21.8 Å². The van der Waals surface area contributed by atoms with Crippen LogP contribution in [0.25, 0.3) is 21.9 Å². The first-order chi connectivity index (χ1) is 18.0. The Bertz CT molecular complexity index is 1600. The summed E-state index contributed by atoms with van der Waals surface area (Å²) in [5.74, 6) is -3.00. The van der Waals surface area contributed by atoms with E-state index in [1.165, 1.54) is 12.4 Å². The first-order valence-corrected chi connectivity index (χ1v) is 13.0. The monoisotopic (exact) mass is 520 g/mol. The number of fused-ring (bicyclic) bond motifs is 5. The SMILES string of the molecule is CC1(C)O[C@H]2[C@H](n3ccc4c(N)ncnc43)[C@H]3C[C@@]3(CCc3ccc4cc(C(C)(F)F)c(N)nc4c3)[C@H]2O1. The van der Waals surface area contributed by atoms with E-state index in [1.54, 1.807) is 0 Å². The summed E-state index contributed by atoms with van der Waals surface area (Å²) < 4.78 is 43.0. The minimum atomic E-state index is -3.04. The predicted octanol–water partition coefficient (Wildman–Crippen LogP) is 4.97. The van der Waals surface area contributed by atoms with Crippen molar-refractivity contribution in [2.45, 2.75) is 70.0 Å². The van der Waals surface area contributed by atoms with Crippen LogP contribution in [0, 0.1) is 11.3 Å². The highest BCUT2D eigenvalue weighted by Crippen LogP contribution is 2.73. The van der Waals surface area contributed by atoms with E-state index in [1.807, 2.05) is 44.3 Å².